The summed E-state index contributed by atoms with van der Waals surface area (Å²) in [5.41, 5.74) is 1.81. The molecule has 6 heteroatoms. The van der Waals surface area contributed by atoms with Crippen LogP contribution in [0.5, 0.6) is 0 Å². The lowest BCUT2D eigenvalue weighted by molar-refractivity contribution is -0.139. The summed E-state index contributed by atoms with van der Waals surface area (Å²) in [7, 11) is 0. The molecule has 4 rings (SSSR count). The van der Waals surface area contributed by atoms with Crippen LogP contribution in [0.1, 0.15) is 54.6 Å². The van der Waals surface area contributed by atoms with Crippen LogP contribution in [0.4, 0.5) is 0 Å². The predicted octanol–water partition coefficient (Wildman–Crippen LogP) is 5.71. The number of amides is 2. The summed E-state index contributed by atoms with van der Waals surface area (Å²) >= 11 is 9.43. The van der Waals surface area contributed by atoms with Crippen LogP contribution in [0.3, 0.4) is 0 Å². The van der Waals surface area contributed by atoms with E-state index in [1.54, 1.807) is 0 Å². The highest BCUT2D eigenvalue weighted by Crippen LogP contribution is 2.37. The molecule has 0 spiro atoms. The zero-order valence-electron chi connectivity index (χ0n) is 17.1. The topological polar surface area (TPSA) is 40.6 Å². The molecule has 2 amide bonds. The molecule has 2 aromatic rings. The molecule has 1 saturated carbocycles. The van der Waals surface area contributed by atoms with E-state index in [9.17, 15) is 9.59 Å². The van der Waals surface area contributed by atoms with Crippen LogP contribution >= 0.6 is 27.5 Å². The van der Waals surface area contributed by atoms with E-state index in [0.29, 0.717) is 29.7 Å². The van der Waals surface area contributed by atoms with Crippen molar-refractivity contribution in [3.8, 4) is 0 Å². The Morgan fingerprint density at radius 2 is 1.60 bits per heavy atom. The lowest BCUT2D eigenvalue weighted by Crippen LogP contribution is -2.45. The third kappa shape index (κ3) is 4.73. The average molecular weight is 490 g/mol. The van der Waals surface area contributed by atoms with Crippen molar-refractivity contribution < 1.29 is 9.59 Å². The average Bonchev–Trinajstić information content (AvgIpc) is 3.59. The number of carbonyl (C=O) groups is 2. The number of benzene rings is 2. The quantitative estimate of drug-likeness (QED) is 0.540. The van der Waals surface area contributed by atoms with E-state index in [-0.39, 0.29) is 23.8 Å². The van der Waals surface area contributed by atoms with Crippen molar-refractivity contribution in [2.45, 2.75) is 44.7 Å². The maximum Gasteiger partial charge on any atom is 0.253 e. The lowest BCUT2D eigenvalue weighted by atomic mass is 9.93. The van der Waals surface area contributed by atoms with Gasteiger partial charge < -0.3 is 9.80 Å². The van der Waals surface area contributed by atoms with Gasteiger partial charge in [0.1, 0.15) is 0 Å². The molecule has 1 saturated heterocycles. The minimum atomic E-state index is -0.0191. The molecule has 158 valence electrons. The number of likely N-dealkylation sites (tertiary alicyclic amines) is 1. The Morgan fingerprint density at radius 3 is 2.17 bits per heavy atom. The maximum atomic E-state index is 13.4. The van der Waals surface area contributed by atoms with E-state index in [2.05, 4.69) is 27.8 Å². The van der Waals surface area contributed by atoms with Gasteiger partial charge in [0.05, 0.1) is 6.04 Å². The van der Waals surface area contributed by atoms with Crippen molar-refractivity contribution >= 4 is 39.3 Å². The molecule has 0 N–H and O–H groups in total. The van der Waals surface area contributed by atoms with Gasteiger partial charge in [0, 0.05) is 40.1 Å². The molecule has 4 nitrogen and oxygen atoms in total. The fourth-order valence-electron chi connectivity index (χ4n) is 4.26. The molecule has 30 heavy (non-hydrogen) atoms. The monoisotopic (exact) mass is 488 g/mol. The van der Waals surface area contributed by atoms with Crippen LogP contribution in [-0.4, -0.2) is 40.7 Å². The van der Waals surface area contributed by atoms with Crippen molar-refractivity contribution in [2.24, 2.45) is 5.92 Å². The second-order valence-corrected chi connectivity index (χ2v) is 9.63. The minimum absolute atomic E-state index is 0.0191. The Labute approximate surface area is 191 Å². The van der Waals surface area contributed by atoms with Crippen LogP contribution in [0.2, 0.25) is 5.02 Å². The first-order valence-corrected chi connectivity index (χ1v) is 11.7. The molecule has 1 unspecified atom stereocenters. The maximum absolute atomic E-state index is 13.4. The summed E-state index contributed by atoms with van der Waals surface area (Å²) < 4.78 is 0.957. The highest BCUT2D eigenvalue weighted by Gasteiger charge is 2.40. The fourth-order valence-corrected chi connectivity index (χ4v) is 4.65. The SMILES string of the molecule is CC(c1ccc(Cl)cc1)N(C(=O)C1CCN(C(=O)c2ccc(Br)cc2)CC1)C1CC1. The normalized spacial score (nSPS) is 18.2. The lowest BCUT2D eigenvalue weighted by Gasteiger charge is -2.37. The zero-order chi connectivity index (χ0) is 21.3. The first-order chi connectivity index (χ1) is 14.4. The number of hydrogen-bond acceptors (Lipinski definition) is 2. The van der Waals surface area contributed by atoms with Gasteiger partial charge >= 0.3 is 0 Å². The van der Waals surface area contributed by atoms with Gasteiger partial charge in [-0.3, -0.25) is 9.59 Å². The van der Waals surface area contributed by atoms with Crippen LogP contribution in [0, 0.1) is 5.92 Å². The van der Waals surface area contributed by atoms with Gasteiger partial charge in [0.25, 0.3) is 5.91 Å². The number of piperidine rings is 1. The molecule has 1 aliphatic carbocycles. The summed E-state index contributed by atoms with van der Waals surface area (Å²) in [6, 6.07) is 15.6. The molecular weight excluding hydrogens is 464 g/mol. The smallest absolute Gasteiger partial charge is 0.253 e. The Balaban J connectivity index is 1.40. The first kappa shape index (κ1) is 21.4. The molecule has 2 aromatic carbocycles. The number of nitrogens with zero attached hydrogens (tertiary/aromatic N) is 2. The standard InChI is InChI=1S/C24H26BrClN2O2/c1-16(17-4-8-21(26)9-5-17)28(22-10-11-22)24(30)19-12-14-27(15-13-19)23(29)18-2-6-20(25)7-3-18/h2-9,16,19,22H,10-15H2,1H3. The number of carbonyl (C=O) groups excluding carboxylic acids is 2. The van der Waals surface area contributed by atoms with Crippen molar-refractivity contribution in [1.82, 2.24) is 9.80 Å². The zero-order valence-corrected chi connectivity index (χ0v) is 19.4. The van der Waals surface area contributed by atoms with Crippen LogP contribution in [0.15, 0.2) is 53.0 Å². The van der Waals surface area contributed by atoms with Gasteiger partial charge in [0.15, 0.2) is 0 Å². The van der Waals surface area contributed by atoms with Crippen LogP contribution in [-0.2, 0) is 4.79 Å². The Bertz CT molecular complexity index is 904. The van der Waals surface area contributed by atoms with Gasteiger partial charge in [-0.25, -0.2) is 0 Å². The molecule has 2 fully saturated rings. The summed E-state index contributed by atoms with van der Waals surface area (Å²) in [4.78, 5) is 30.2. The summed E-state index contributed by atoms with van der Waals surface area (Å²) in [5, 5.41) is 0.707. The molecular formula is C24H26BrClN2O2. The highest BCUT2D eigenvalue weighted by molar-refractivity contribution is 9.10. The molecule has 1 aliphatic heterocycles. The van der Waals surface area contributed by atoms with E-state index in [0.717, 1.165) is 35.7 Å². The van der Waals surface area contributed by atoms with Gasteiger partial charge in [-0.15, -0.1) is 0 Å². The minimum Gasteiger partial charge on any atom is -0.339 e. The Hall–Kier alpha value is -1.85. The van der Waals surface area contributed by atoms with E-state index in [1.807, 2.05) is 53.4 Å². The number of halogens is 2. The molecule has 0 bridgehead atoms. The van der Waals surface area contributed by atoms with Gasteiger partial charge in [-0.05, 0) is 74.6 Å². The van der Waals surface area contributed by atoms with Crippen molar-refractivity contribution in [2.75, 3.05) is 13.1 Å². The largest absolute Gasteiger partial charge is 0.339 e. The van der Waals surface area contributed by atoms with Crippen molar-refractivity contribution in [3.05, 3.63) is 69.2 Å². The third-order valence-corrected chi connectivity index (χ3v) is 6.97. The molecule has 0 radical (unpaired) electrons. The summed E-state index contributed by atoms with van der Waals surface area (Å²) in [6.45, 7) is 3.35. The molecule has 2 aliphatic rings. The molecule has 1 heterocycles. The molecule has 0 aromatic heterocycles. The van der Waals surface area contributed by atoms with E-state index < -0.39 is 0 Å². The number of rotatable bonds is 5. The van der Waals surface area contributed by atoms with E-state index in [1.165, 1.54) is 0 Å². The van der Waals surface area contributed by atoms with E-state index in [4.69, 9.17) is 11.6 Å². The second-order valence-electron chi connectivity index (χ2n) is 8.28. The Kier molecular flexibility index (Phi) is 6.49. The first-order valence-electron chi connectivity index (χ1n) is 10.6. The predicted molar refractivity (Wildman–Crippen MR) is 123 cm³/mol. The Morgan fingerprint density at radius 1 is 1.00 bits per heavy atom. The second kappa shape index (κ2) is 9.11. The third-order valence-electron chi connectivity index (χ3n) is 6.19. The summed E-state index contributed by atoms with van der Waals surface area (Å²) in [6.07, 6.45) is 3.59. The van der Waals surface area contributed by atoms with Gasteiger partial charge in [0.2, 0.25) is 5.91 Å². The van der Waals surface area contributed by atoms with Crippen molar-refractivity contribution in [3.63, 3.8) is 0 Å². The van der Waals surface area contributed by atoms with E-state index >= 15 is 0 Å². The fraction of sp³-hybridized carbons (Fsp3) is 0.417. The summed E-state index contributed by atoms with van der Waals surface area (Å²) in [5.74, 6) is 0.256. The van der Waals surface area contributed by atoms with Crippen molar-refractivity contribution in [1.29, 1.82) is 0 Å². The van der Waals surface area contributed by atoms with Gasteiger partial charge in [-0.2, -0.15) is 0 Å². The highest BCUT2D eigenvalue weighted by atomic mass is 79.9. The van der Waals surface area contributed by atoms with Crippen LogP contribution in [0.25, 0.3) is 0 Å². The van der Waals surface area contributed by atoms with Crippen LogP contribution < -0.4 is 0 Å². The van der Waals surface area contributed by atoms with Gasteiger partial charge in [-0.1, -0.05) is 39.7 Å². The number of hydrogen-bond donors (Lipinski definition) is 0. The molecule has 1 atom stereocenters.